The van der Waals surface area contributed by atoms with Crippen molar-refractivity contribution in [1.29, 1.82) is 0 Å². The third-order valence-electron chi connectivity index (χ3n) is 3.32. The SMILES string of the molecule is COc1ccc(/C=N/Nc2ncc(Cl)cc2Cl)c2ccccc12. The molecule has 1 heterocycles. The van der Waals surface area contributed by atoms with Crippen molar-refractivity contribution in [3.63, 3.8) is 0 Å². The van der Waals surface area contributed by atoms with E-state index in [2.05, 4.69) is 15.5 Å². The molecule has 1 aromatic heterocycles. The molecule has 0 saturated carbocycles. The number of nitrogens with zero attached hydrogens (tertiary/aromatic N) is 2. The third-order valence-corrected chi connectivity index (χ3v) is 3.81. The summed E-state index contributed by atoms with van der Waals surface area (Å²) in [4.78, 5) is 4.09. The van der Waals surface area contributed by atoms with Crippen molar-refractivity contribution in [1.82, 2.24) is 4.98 Å². The van der Waals surface area contributed by atoms with E-state index in [1.807, 2.05) is 36.4 Å². The van der Waals surface area contributed by atoms with Crippen LogP contribution < -0.4 is 10.2 Å². The average Bonchev–Trinajstić information content (AvgIpc) is 2.57. The molecule has 0 saturated heterocycles. The number of ether oxygens (including phenoxy) is 1. The molecule has 116 valence electrons. The van der Waals surface area contributed by atoms with Gasteiger partial charge in [0.25, 0.3) is 0 Å². The highest BCUT2D eigenvalue weighted by atomic mass is 35.5. The summed E-state index contributed by atoms with van der Waals surface area (Å²) in [7, 11) is 1.66. The molecule has 0 bridgehead atoms. The van der Waals surface area contributed by atoms with Gasteiger partial charge in [-0.1, -0.05) is 47.5 Å². The molecule has 0 aliphatic carbocycles. The van der Waals surface area contributed by atoms with Crippen LogP contribution in [0.25, 0.3) is 10.8 Å². The Morgan fingerprint density at radius 2 is 1.91 bits per heavy atom. The maximum absolute atomic E-state index is 6.05. The first-order valence-corrected chi connectivity index (χ1v) is 7.60. The number of benzene rings is 2. The fourth-order valence-corrected chi connectivity index (χ4v) is 2.67. The van der Waals surface area contributed by atoms with Crippen LogP contribution in [0.1, 0.15) is 5.56 Å². The lowest BCUT2D eigenvalue weighted by Gasteiger charge is -2.07. The van der Waals surface area contributed by atoms with E-state index in [9.17, 15) is 0 Å². The Morgan fingerprint density at radius 1 is 1.13 bits per heavy atom. The first-order chi connectivity index (χ1) is 11.2. The summed E-state index contributed by atoms with van der Waals surface area (Å²) in [5.74, 6) is 1.28. The monoisotopic (exact) mass is 345 g/mol. The largest absolute Gasteiger partial charge is 0.496 e. The van der Waals surface area contributed by atoms with Gasteiger partial charge in [0.1, 0.15) is 5.75 Å². The van der Waals surface area contributed by atoms with Crippen LogP contribution in [-0.2, 0) is 0 Å². The van der Waals surface area contributed by atoms with Crippen molar-refractivity contribution in [2.24, 2.45) is 5.10 Å². The van der Waals surface area contributed by atoms with Gasteiger partial charge in [0.2, 0.25) is 0 Å². The Kier molecular flexibility index (Phi) is 4.65. The summed E-state index contributed by atoms with van der Waals surface area (Å²) in [6.45, 7) is 0. The minimum Gasteiger partial charge on any atom is -0.496 e. The van der Waals surface area contributed by atoms with Crippen LogP contribution in [0, 0.1) is 0 Å². The summed E-state index contributed by atoms with van der Waals surface area (Å²) >= 11 is 11.9. The molecule has 2 aromatic carbocycles. The number of rotatable bonds is 4. The van der Waals surface area contributed by atoms with Gasteiger partial charge in [-0.05, 0) is 23.6 Å². The quantitative estimate of drug-likeness (QED) is 0.534. The number of hydrogen-bond donors (Lipinski definition) is 1. The van der Waals surface area contributed by atoms with Gasteiger partial charge in [-0.2, -0.15) is 5.10 Å². The Morgan fingerprint density at radius 3 is 2.65 bits per heavy atom. The number of hydrazone groups is 1. The lowest BCUT2D eigenvalue weighted by molar-refractivity contribution is 0.420. The smallest absolute Gasteiger partial charge is 0.165 e. The highest BCUT2D eigenvalue weighted by molar-refractivity contribution is 6.35. The molecule has 4 nitrogen and oxygen atoms in total. The Bertz CT molecular complexity index is 881. The topological polar surface area (TPSA) is 46.5 Å². The molecule has 1 N–H and O–H groups in total. The molecule has 0 unspecified atom stereocenters. The van der Waals surface area contributed by atoms with E-state index in [4.69, 9.17) is 27.9 Å². The van der Waals surface area contributed by atoms with Gasteiger partial charge in [0.05, 0.1) is 23.4 Å². The zero-order chi connectivity index (χ0) is 16.2. The number of aromatic nitrogens is 1. The number of fused-ring (bicyclic) bond motifs is 1. The van der Waals surface area contributed by atoms with E-state index in [0.717, 1.165) is 22.1 Å². The van der Waals surface area contributed by atoms with Crippen LogP contribution in [0.3, 0.4) is 0 Å². The van der Waals surface area contributed by atoms with Crippen LogP contribution in [0.15, 0.2) is 53.8 Å². The van der Waals surface area contributed by atoms with Gasteiger partial charge < -0.3 is 4.74 Å². The van der Waals surface area contributed by atoms with Crippen molar-refractivity contribution >= 4 is 46.0 Å². The first-order valence-electron chi connectivity index (χ1n) is 6.85. The molecule has 0 fully saturated rings. The second-order valence-corrected chi connectivity index (χ2v) is 5.60. The van der Waals surface area contributed by atoms with Gasteiger partial charge in [-0.3, -0.25) is 5.43 Å². The van der Waals surface area contributed by atoms with E-state index in [1.54, 1.807) is 19.4 Å². The predicted octanol–water partition coefficient (Wildman–Crippen LogP) is 5.00. The van der Waals surface area contributed by atoms with Crippen LogP contribution in [0.4, 0.5) is 5.82 Å². The minimum atomic E-state index is 0.411. The molecule has 6 heteroatoms. The molecule has 0 radical (unpaired) electrons. The van der Waals surface area contributed by atoms with E-state index < -0.39 is 0 Å². The molecular weight excluding hydrogens is 333 g/mol. The van der Waals surface area contributed by atoms with E-state index in [-0.39, 0.29) is 0 Å². The molecule has 0 amide bonds. The summed E-state index contributed by atoms with van der Waals surface area (Å²) < 4.78 is 5.38. The fraction of sp³-hybridized carbons (Fsp3) is 0.0588. The second-order valence-electron chi connectivity index (χ2n) is 4.76. The van der Waals surface area contributed by atoms with E-state index in [0.29, 0.717) is 15.9 Å². The fourth-order valence-electron chi connectivity index (χ4n) is 2.25. The average molecular weight is 346 g/mol. The molecule has 0 aliphatic heterocycles. The summed E-state index contributed by atoms with van der Waals surface area (Å²) in [5, 5.41) is 7.17. The normalized spacial score (nSPS) is 11.1. The van der Waals surface area contributed by atoms with E-state index in [1.165, 1.54) is 6.20 Å². The van der Waals surface area contributed by atoms with Crippen LogP contribution in [-0.4, -0.2) is 18.3 Å². The van der Waals surface area contributed by atoms with Crippen molar-refractivity contribution < 1.29 is 4.74 Å². The standard InChI is InChI=1S/C17H13Cl2N3O/c1-23-16-7-6-11(13-4-2-3-5-14(13)16)9-21-22-17-15(19)8-12(18)10-20-17/h2-10H,1H3,(H,20,22)/b21-9+. The lowest BCUT2D eigenvalue weighted by Crippen LogP contribution is -1.95. The molecule has 0 spiro atoms. The van der Waals surface area contributed by atoms with Crippen molar-refractivity contribution in [3.8, 4) is 5.75 Å². The number of methoxy groups -OCH3 is 1. The highest BCUT2D eigenvalue weighted by Gasteiger charge is 2.05. The van der Waals surface area contributed by atoms with Crippen molar-refractivity contribution in [2.75, 3.05) is 12.5 Å². The zero-order valence-corrected chi connectivity index (χ0v) is 13.8. The van der Waals surface area contributed by atoms with Crippen LogP contribution in [0.5, 0.6) is 5.75 Å². The number of halogens is 2. The summed E-state index contributed by atoms with van der Waals surface area (Å²) in [6, 6.07) is 13.5. The minimum absolute atomic E-state index is 0.411. The van der Waals surface area contributed by atoms with Crippen molar-refractivity contribution in [3.05, 3.63) is 64.3 Å². The molecule has 0 atom stereocenters. The van der Waals surface area contributed by atoms with Gasteiger partial charge in [-0.25, -0.2) is 4.98 Å². The number of anilines is 1. The summed E-state index contributed by atoms with van der Waals surface area (Å²) in [6.07, 6.45) is 3.22. The number of hydrogen-bond acceptors (Lipinski definition) is 4. The Labute approximate surface area is 143 Å². The Balaban J connectivity index is 1.89. The van der Waals surface area contributed by atoms with E-state index >= 15 is 0 Å². The molecule has 23 heavy (non-hydrogen) atoms. The van der Waals surface area contributed by atoms with Crippen LogP contribution in [0.2, 0.25) is 10.0 Å². The lowest BCUT2D eigenvalue weighted by atomic mass is 10.0. The van der Waals surface area contributed by atoms with Gasteiger partial charge in [0, 0.05) is 17.1 Å². The third kappa shape index (κ3) is 3.38. The molecule has 3 rings (SSSR count). The van der Waals surface area contributed by atoms with Gasteiger partial charge >= 0.3 is 0 Å². The van der Waals surface area contributed by atoms with Crippen LogP contribution >= 0.6 is 23.2 Å². The molecule has 0 aliphatic rings. The predicted molar refractivity (Wildman–Crippen MR) is 96.0 cm³/mol. The number of pyridine rings is 1. The Hall–Kier alpha value is -2.30. The molecule has 3 aromatic rings. The zero-order valence-electron chi connectivity index (χ0n) is 12.3. The van der Waals surface area contributed by atoms with Gasteiger partial charge in [-0.15, -0.1) is 0 Å². The maximum atomic E-state index is 6.05. The second kappa shape index (κ2) is 6.86. The molecular formula is C17H13Cl2N3O. The maximum Gasteiger partial charge on any atom is 0.165 e. The number of nitrogens with one attached hydrogen (secondary N) is 1. The van der Waals surface area contributed by atoms with Gasteiger partial charge in [0.15, 0.2) is 5.82 Å². The summed E-state index contributed by atoms with van der Waals surface area (Å²) in [5.41, 5.74) is 3.78. The van der Waals surface area contributed by atoms with Crippen molar-refractivity contribution in [2.45, 2.75) is 0 Å². The first kappa shape index (κ1) is 15.6. The highest BCUT2D eigenvalue weighted by Crippen LogP contribution is 2.27.